The lowest BCUT2D eigenvalue weighted by Gasteiger charge is -2.26. The van der Waals surface area contributed by atoms with Crippen LogP contribution in [0.4, 0.5) is 0 Å². The van der Waals surface area contributed by atoms with Gasteiger partial charge in [0, 0.05) is 29.6 Å². The molecule has 2 aromatic rings. The molecule has 0 aliphatic heterocycles. The molecule has 2 atom stereocenters. The molecule has 0 aliphatic carbocycles. The summed E-state index contributed by atoms with van der Waals surface area (Å²) in [5, 5.41) is 3.60. The van der Waals surface area contributed by atoms with Crippen LogP contribution in [0.5, 0.6) is 0 Å². The first kappa shape index (κ1) is 23.9. The van der Waals surface area contributed by atoms with Gasteiger partial charge in [0.1, 0.15) is 0 Å². The maximum atomic E-state index is 12.7. The monoisotopic (exact) mass is 429 g/mol. The van der Waals surface area contributed by atoms with Crippen LogP contribution in [-0.4, -0.2) is 43.4 Å². The Morgan fingerprint density at radius 1 is 1.10 bits per heavy atom. The summed E-state index contributed by atoms with van der Waals surface area (Å²) in [5.74, 6) is 0.0859. The first-order valence-corrected chi connectivity index (χ1v) is 10.6. The number of rotatable bonds is 10. The molecule has 0 aliphatic rings. The van der Waals surface area contributed by atoms with Gasteiger partial charge in [-0.25, -0.2) is 0 Å². The van der Waals surface area contributed by atoms with E-state index in [1.807, 2.05) is 38.4 Å². The number of carbonyl (C=O) groups excluding carboxylic acids is 2. The highest BCUT2D eigenvalue weighted by molar-refractivity contribution is 6.31. The van der Waals surface area contributed by atoms with Crippen molar-refractivity contribution >= 4 is 23.4 Å². The maximum absolute atomic E-state index is 12.7. The highest BCUT2D eigenvalue weighted by Gasteiger charge is 2.21. The second-order valence-corrected chi connectivity index (χ2v) is 8.67. The zero-order chi connectivity index (χ0) is 22.3. The molecule has 2 rings (SSSR count). The van der Waals surface area contributed by atoms with Crippen LogP contribution in [0, 0.1) is 5.92 Å². The second kappa shape index (κ2) is 11.1. The fraction of sp³-hybridized carbons (Fsp3) is 0.417. The highest BCUT2D eigenvalue weighted by Crippen LogP contribution is 2.27. The zero-order valence-corrected chi connectivity index (χ0v) is 18.9. The van der Waals surface area contributed by atoms with Crippen LogP contribution in [0.25, 0.3) is 0 Å². The van der Waals surface area contributed by atoms with E-state index in [0.717, 1.165) is 5.56 Å². The van der Waals surface area contributed by atoms with Crippen molar-refractivity contribution < 1.29 is 9.59 Å². The second-order valence-electron chi connectivity index (χ2n) is 8.26. The van der Waals surface area contributed by atoms with Crippen LogP contribution >= 0.6 is 11.6 Å². The Kier molecular flexibility index (Phi) is 8.88. The van der Waals surface area contributed by atoms with Gasteiger partial charge in [-0.15, -0.1) is 0 Å². The summed E-state index contributed by atoms with van der Waals surface area (Å²) in [6.45, 7) is 4.80. The number of nitrogens with zero attached hydrogens (tertiary/aromatic N) is 1. The topological polar surface area (TPSA) is 75.4 Å². The summed E-state index contributed by atoms with van der Waals surface area (Å²) >= 11 is 6.34. The summed E-state index contributed by atoms with van der Waals surface area (Å²) in [6, 6.07) is 15.3. The predicted molar refractivity (Wildman–Crippen MR) is 123 cm³/mol. The molecule has 0 radical (unpaired) electrons. The molecule has 0 unspecified atom stereocenters. The molecule has 0 saturated heterocycles. The SMILES string of the molecule is CC(C)[C@@H](CC(=O)NC[C@H](Cc1ccc(C(N)=O)cc1Cl)N(C)C)c1ccccc1. The van der Waals surface area contributed by atoms with E-state index in [1.54, 1.807) is 12.1 Å². The van der Waals surface area contributed by atoms with Gasteiger partial charge < -0.3 is 16.0 Å². The third-order valence-electron chi connectivity index (χ3n) is 5.50. The van der Waals surface area contributed by atoms with Gasteiger partial charge in [-0.1, -0.05) is 61.8 Å². The molecule has 162 valence electrons. The Hall–Kier alpha value is -2.37. The van der Waals surface area contributed by atoms with Crippen LogP contribution in [0.2, 0.25) is 5.02 Å². The van der Waals surface area contributed by atoms with Gasteiger partial charge in [-0.2, -0.15) is 0 Å². The van der Waals surface area contributed by atoms with Crippen LogP contribution in [-0.2, 0) is 11.2 Å². The zero-order valence-electron chi connectivity index (χ0n) is 18.2. The van der Waals surface area contributed by atoms with Gasteiger partial charge in [0.25, 0.3) is 0 Å². The fourth-order valence-electron chi connectivity index (χ4n) is 3.50. The van der Waals surface area contributed by atoms with Crippen molar-refractivity contribution in [2.75, 3.05) is 20.6 Å². The smallest absolute Gasteiger partial charge is 0.248 e. The summed E-state index contributed by atoms with van der Waals surface area (Å²) in [6.07, 6.45) is 1.10. The van der Waals surface area contributed by atoms with E-state index >= 15 is 0 Å². The molecule has 0 heterocycles. The molecule has 30 heavy (non-hydrogen) atoms. The lowest BCUT2D eigenvalue weighted by Crippen LogP contribution is -2.42. The molecule has 0 fully saturated rings. The largest absolute Gasteiger partial charge is 0.366 e. The Morgan fingerprint density at radius 3 is 2.30 bits per heavy atom. The summed E-state index contributed by atoms with van der Waals surface area (Å²) in [4.78, 5) is 26.1. The van der Waals surface area contributed by atoms with Gasteiger partial charge in [0.05, 0.1) is 0 Å². The van der Waals surface area contributed by atoms with Crippen molar-refractivity contribution in [3.05, 3.63) is 70.2 Å². The third kappa shape index (κ3) is 6.85. The minimum Gasteiger partial charge on any atom is -0.366 e. The lowest BCUT2D eigenvalue weighted by molar-refractivity contribution is -0.121. The molecule has 6 heteroatoms. The fourth-order valence-corrected chi connectivity index (χ4v) is 3.76. The van der Waals surface area contributed by atoms with Gasteiger partial charge in [0.2, 0.25) is 11.8 Å². The van der Waals surface area contributed by atoms with Crippen molar-refractivity contribution in [1.29, 1.82) is 0 Å². The van der Waals surface area contributed by atoms with Gasteiger partial charge in [-0.05, 0) is 55.6 Å². The minimum atomic E-state index is -0.502. The minimum absolute atomic E-state index is 0.0413. The number of benzene rings is 2. The number of likely N-dealkylation sites (N-methyl/N-ethyl adjacent to an activating group) is 1. The maximum Gasteiger partial charge on any atom is 0.248 e. The van der Waals surface area contributed by atoms with E-state index in [-0.39, 0.29) is 17.9 Å². The normalized spacial score (nSPS) is 13.3. The average Bonchev–Trinajstić information content (AvgIpc) is 2.70. The summed E-state index contributed by atoms with van der Waals surface area (Å²) in [7, 11) is 3.95. The molecule has 0 aromatic heterocycles. The number of amides is 2. The van der Waals surface area contributed by atoms with Crippen LogP contribution in [0.1, 0.15) is 47.7 Å². The molecular formula is C24H32ClN3O2. The van der Waals surface area contributed by atoms with Gasteiger partial charge in [0.15, 0.2) is 0 Å². The summed E-state index contributed by atoms with van der Waals surface area (Å²) in [5.41, 5.74) is 7.80. The van der Waals surface area contributed by atoms with Crippen molar-refractivity contribution in [2.24, 2.45) is 11.7 Å². The third-order valence-corrected chi connectivity index (χ3v) is 5.85. The molecule has 0 spiro atoms. The van der Waals surface area contributed by atoms with Crippen LogP contribution < -0.4 is 11.1 Å². The van der Waals surface area contributed by atoms with Crippen molar-refractivity contribution in [3.63, 3.8) is 0 Å². The molecule has 5 nitrogen and oxygen atoms in total. The van der Waals surface area contributed by atoms with E-state index in [0.29, 0.717) is 35.9 Å². The number of hydrogen-bond acceptors (Lipinski definition) is 3. The molecule has 0 bridgehead atoms. The van der Waals surface area contributed by atoms with E-state index in [2.05, 4.69) is 36.2 Å². The van der Waals surface area contributed by atoms with E-state index < -0.39 is 5.91 Å². The standard InChI is InChI=1S/C24H32ClN3O2/c1-16(2)21(17-8-6-5-7-9-17)14-23(29)27-15-20(28(3)4)12-18-10-11-19(24(26)30)13-22(18)25/h5-11,13,16,20-21H,12,14-15H2,1-4H3,(H2,26,30)(H,27,29)/t20-,21+/m0/s1. The first-order valence-electron chi connectivity index (χ1n) is 10.2. The Labute approximate surface area is 184 Å². The lowest BCUT2D eigenvalue weighted by atomic mass is 9.85. The van der Waals surface area contributed by atoms with Crippen molar-refractivity contribution in [3.8, 4) is 0 Å². The average molecular weight is 430 g/mol. The number of carbonyl (C=O) groups is 2. The summed E-state index contributed by atoms with van der Waals surface area (Å²) < 4.78 is 0. The van der Waals surface area contributed by atoms with E-state index in [4.69, 9.17) is 17.3 Å². The molecule has 2 amide bonds. The Morgan fingerprint density at radius 2 is 1.77 bits per heavy atom. The van der Waals surface area contributed by atoms with Crippen molar-refractivity contribution in [1.82, 2.24) is 10.2 Å². The van der Waals surface area contributed by atoms with Crippen LogP contribution in [0.15, 0.2) is 48.5 Å². The molecule has 2 aromatic carbocycles. The highest BCUT2D eigenvalue weighted by atomic mass is 35.5. The Balaban J connectivity index is 2.00. The quantitative estimate of drug-likeness (QED) is 0.602. The van der Waals surface area contributed by atoms with Crippen LogP contribution in [0.3, 0.4) is 0 Å². The molecule has 3 N–H and O–H groups in total. The number of primary amides is 1. The molecule has 0 saturated carbocycles. The number of halogens is 1. The first-order chi connectivity index (χ1) is 14.2. The number of nitrogens with one attached hydrogen (secondary N) is 1. The van der Waals surface area contributed by atoms with E-state index in [9.17, 15) is 9.59 Å². The number of hydrogen-bond donors (Lipinski definition) is 2. The van der Waals surface area contributed by atoms with Gasteiger partial charge in [-0.3, -0.25) is 9.59 Å². The number of nitrogens with two attached hydrogens (primary N) is 1. The Bertz CT molecular complexity index is 853. The van der Waals surface area contributed by atoms with E-state index in [1.165, 1.54) is 5.56 Å². The predicted octanol–water partition coefficient (Wildman–Crippen LogP) is 3.86. The molecular weight excluding hydrogens is 398 g/mol. The van der Waals surface area contributed by atoms with Gasteiger partial charge >= 0.3 is 0 Å². The van der Waals surface area contributed by atoms with Crippen molar-refractivity contribution in [2.45, 2.75) is 38.6 Å².